The lowest BCUT2D eigenvalue weighted by molar-refractivity contribution is -0.161. The van der Waals surface area contributed by atoms with Crippen molar-refractivity contribution in [2.75, 3.05) is 26.3 Å². The number of hydrogen-bond donors (Lipinski definition) is 3. The van der Waals surface area contributed by atoms with E-state index < -0.39 is 33.4 Å². The molecule has 2 atom stereocenters. The van der Waals surface area contributed by atoms with E-state index in [0.717, 1.165) is 0 Å². The van der Waals surface area contributed by atoms with Gasteiger partial charge in [-0.25, -0.2) is 18.2 Å². The van der Waals surface area contributed by atoms with E-state index in [1.54, 1.807) is 24.3 Å². The van der Waals surface area contributed by atoms with Crippen molar-refractivity contribution < 1.29 is 33.0 Å². The first-order chi connectivity index (χ1) is 13.3. The summed E-state index contributed by atoms with van der Waals surface area (Å²) in [6, 6.07) is 7.07. The number of nitrogens with one attached hydrogen (secondary N) is 1. The Morgan fingerprint density at radius 3 is 2.61 bits per heavy atom. The Morgan fingerprint density at radius 2 is 1.96 bits per heavy atom. The number of halogens is 1. The first kappa shape index (κ1) is 21.3. The molecule has 2 unspecified atom stereocenters. The molecule has 9 nitrogen and oxygen atoms in total. The molecule has 11 heteroatoms. The Balaban J connectivity index is 1.68. The average Bonchev–Trinajstić information content (AvgIpc) is 2.69. The molecule has 0 saturated carbocycles. The smallest absolute Gasteiger partial charge is 0.279 e. The summed E-state index contributed by atoms with van der Waals surface area (Å²) in [5.41, 5.74) is -1.02. The van der Waals surface area contributed by atoms with Crippen LogP contribution < -0.4 is 10.2 Å². The number of aliphatic hydroxyl groups is 1. The third-order valence-corrected chi connectivity index (χ3v) is 7.87. The maximum absolute atomic E-state index is 13.1. The molecule has 1 aromatic carbocycles. The molecule has 0 bridgehead atoms. The molecule has 2 saturated heterocycles. The molecule has 3 rings (SSSR count). The molecule has 2 fully saturated rings. The van der Waals surface area contributed by atoms with E-state index in [4.69, 9.17) is 26.3 Å². The van der Waals surface area contributed by atoms with Gasteiger partial charge in [-0.3, -0.25) is 10.0 Å². The van der Waals surface area contributed by atoms with Gasteiger partial charge in [0.2, 0.25) is 10.0 Å². The molecule has 3 N–H and O–H groups in total. The van der Waals surface area contributed by atoms with Gasteiger partial charge >= 0.3 is 0 Å². The molecule has 28 heavy (non-hydrogen) atoms. The lowest BCUT2D eigenvalue weighted by Gasteiger charge is -2.41. The van der Waals surface area contributed by atoms with Gasteiger partial charge in [-0.05, 0) is 31.4 Å². The van der Waals surface area contributed by atoms with Crippen molar-refractivity contribution >= 4 is 27.5 Å². The van der Waals surface area contributed by atoms with Gasteiger partial charge in [0.25, 0.3) is 5.91 Å². The Hall–Kier alpha value is -1.43. The van der Waals surface area contributed by atoms with Gasteiger partial charge in [-0.2, -0.15) is 0 Å². The van der Waals surface area contributed by atoms with Gasteiger partial charge < -0.3 is 14.6 Å². The predicted octanol–water partition coefficient (Wildman–Crippen LogP) is 0.538. The number of ether oxygens (including phenoxy) is 2. The zero-order valence-corrected chi connectivity index (χ0v) is 16.7. The fraction of sp³-hybridized carbons (Fsp3) is 0.588. The highest BCUT2D eigenvalue weighted by molar-refractivity contribution is 7.89. The van der Waals surface area contributed by atoms with Gasteiger partial charge in [0.1, 0.15) is 17.1 Å². The molecule has 2 aliphatic heterocycles. The van der Waals surface area contributed by atoms with Gasteiger partial charge in [0.05, 0.1) is 11.6 Å². The van der Waals surface area contributed by atoms with Gasteiger partial charge in [-0.1, -0.05) is 23.7 Å². The Kier molecular flexibility index (Phi) is 6.47. The zero-order valence-electron chi connectivity index (χ0n) is 15.1. The van der Waals surface area contributed by atoms with Crippen molar-refractivity contribution in [1.29, 1.82) is 0 Å². The minimum Gasteiger partial charge on any atom is -0.489 e. The van der Waals surface area contributed by atoms with Crippen LogP contribution in [0.2, 0.25) is 5.02 Å². The summed E-state index contributed by atoms with van der Waals surface area (Å²) in [7, 11) is -4.00. The van der Waals surface area contributed by atoms with Gasteiger partial charge in [-0.15, -0.1) is 0 Å². The van der Waals surface area contributed by atoms with Gasteiger partial charge in [0, 0.05) is 19.7 Å². The Morgan fingerprint density at radius 1 is 1.29 bits per heavy atom. The molecular formula is C17H23ClN2O7S. The number of carbonyl (C=O) groups excluding carboxylic acids is 1. The summed E-state index contributed by atoms with van der Waals surface area (Å²) in [5, 5.41) is 18.6. The highest BCUT2D eigenvalue weighted by Gasteiger charge is 2.54. The lowest BCUT2D eigenvalue weighted by Crippen LogP contribution is -2.64. The molecule has 1 aromatic rings. The second-order valence-corrected chi connectivity index (χ2v) is 9.41. The third-order valence-electron chi connectivity index (χ3n) is 5.12. The minimum atomic E-state index is -4.00. The third kappa shape index (κ3) is 4.12. The molecule has 2 aliphatic rings. The number of amides is 1. The van der Waals surface area contributed by atoms with E-state index in [1.165, 1.54) is 9.79 Å². The number of benzene rings is 1. The zero-order chi connectivity index (χ0) is 20.4. The summed E-state index contributed by atoms with van der Waals surface area (Å²) in [5.74, 6) is -0.651. The van der Waals surface area contributed by atoms with Crippen LogP contribution in [0.1, 0.15) is 19.3 Å². The Labute approximate surface area is 168 Å². The van der Waals surface area contributed by atoms with E-state index in [9.17, 15) is 18.3 Å². The highest BCUT2D eigenvalue weighted by atomic mass is 35.5. The number of para-hydroxylation sites is 1. The number of carbonyl (C=O) groups is 1. The molecule has 0 spiro atoms. The summed E-state index contributed by atoms with van der Waals surface area (Å²) < 4.78 is 38.4. The van der Waals surface area contributed by atoms with Crippen LogP contribution in [0, 0.1) is 0 Å². The van der Waals surface area contributed by atoms with Crippen molar-refractivity contribution in [1.82, 2.24) is 9.79 Å². The molecule has 1 amide bonds. The van der Waals surface area contributed by atoms with Crippen LogP contribution >= 0.6 is 11.6 Å². The monoisotopic (exact) mass is 434 g/mol. The summed E-state index contributed by atoms with van der Waals surface area (Å²) in [6.45, 7) is -0.0381. The van der Waals surface area contributed by atoms with Gasteiger partial charge in [0.15, 0.2) is 5.60 Å². The van der Waals surface area contributed by atoms with E-state index >= 15 is 0 Å². The maximum atomic E-state index is 13.1. The molecule has 0 aromatic heterocycles. The first-order valence-corrected chi connectivity index (χ1v) is 10.8. The fourth-order valence-electron chi connectivity index (χ4n) is 3.56. The van der Waals surface area contributed by atoms with Crippen molar-refractivity contribution in [2.45, 2.75) is 36.2 Å². The number of hydrogen-bond acceptors (Lipinski definition) is 7. The number of rotatable bonds is 5. The van der Waals surface area contributed by atoms with Crippen molar-refractivity contribution in [3.8, 4) is 5.75 Å². The Bertz CT molecular complexity index is 813. The van der Waals surface area contributed by atoms with Crippen LogP contribution in [0.5, 0.6) is 5.75 Å². The number of hydroxylamine groups is 1. The second kappa shape index (κ2) is 8.52. The summed E-state index contributed by atoms with van der Waals surface area (Å²) in [4.78, 5) is 11.9. The van der Waals surface area contributed by atoms with E-state index in [2.05, 4.69) is 0 Å². The standard InChI is InChI=1S/C17H23ClN2O7S/c18-13-3-1-2-4-14(13)27-12-5-8-20(9-6-12)28(24,25)15-7-10-26-11-17(15,22)16(21)19-23/h1-4,12,15,22-23H,5-11H2,(H,19,21). The predicted molar refractivity (Wildman–Crippen MR) is 99.7 cm³/mol. The second-order valence-electron chi connectivity index (χ2n) is 6.89. The molecule has 2 heterocycles. The topological polar surface area (TPSA) is 125 Å². The molecular weight excluding hydrogens is 412 g/mol. The quantitative estimate of drug-likeness (QED) is 0.456. The lowest BCUT2D eigenvalue weighted by atomic mass is 9.95. The number of piperidine rings is 1. The number of nitrogens with zero attached hydrogens (tertiary/aromatic N) is 1. The SMILES string of the molecule is O=C(NO)C1(O)COCCC1S(=O)(=O)N1CCC(Oc2ccccc2Cl)CC1. The van der Waals surface area contributed by atoms with Crippen LogP contribution in [0.25, 0.3) is 0 Å². The van der Waals surface area contributed by atoms with Crippen LogP contribution in [-0.4, -0.2) is 72.2 Å². The highest BCUT2D eigenvalue weighted by Crippen LogP contribution is 2.32. The first-order valence-electron chi connectivity index (χ1n) is 8.94. The van der Waals surface area contributed by atoms with Crippen molar-refractivity contribution in [3.05, 3.63) is 29.3 Å². The fourth-order valence-corrected chi connectivity index (χ4v) is 5.88. The van der Waals surface area contributed by atoms with Crippen LogP contribution in [-0.2, 0) is 19.6 Å². The van der Waals surface area contributed by atoms with E-state index in [0.29, 0.717) is 23.6 Å². The normalized spacial score (nSPS) is 27.3. The van der Waals surface area contributed by atoms with Crippen LogP contribution in [0.15, 0.2) is 24.3 Å². The van der Waals surface area contributed by atoms with Crippen molar-refractivity contribution in [3.63, 3.8) is 0 Å². The molecule has 156 valence electrons. The number of sulfonamides is 1. The largest absolute Gasteiger partial charge is 0.489 e. The van der Waals surface area contributed by atoms with E-state index in [-0.39, 0.29) is 32.2 Å². The molecule has 0 radical (unpaired) electrons. The van der Waals surface area contributed by atoms with Crippen LogP contribution in [0.4, 0.5) is 0 Å². The molecule has 0 aliphatic carbocycles. The summed E-state index contributed by atoms with van der Waals surface area (Å²) >= 11 is 6.09. The van der Waals surface area contributed by atoms with Crippen molar-refractivity contribution in [2.24, 2.45) is 0 Å². The van der Waals surface area contributed by atoms with E-state index in [1.807, 2.05) is 0 Å². The average molecular weight is 435 g/mol. The van der Waals surface area contributed by atoms with Crippen LogP contribution in [0.3, 0.4) is 0 Å². The maximum Gasteiger partial charge on any atom is 0.279 e. The minimum absolute atomic E-state index is 0.0533. The summed E-state index contributed by atoms with van der Waals surface area (Å²) in [6.07, 6.45) is 0.638.